The summed E-state index contributed by atoms with van der Waals surface area (Å²) >= 11 is 5.49. The van der Waals surface area contributed by atoms with E-state index in [1.807, 2.05) is 43.3 Å². The summed E-state index contributed by atoms with van der Waals surface area (Å²) in [6.07, 6.45) is 20.2. The minimum Gasteiger partial charge on any atom is -0.383 e. The molecule has 0 aliphatic heterocycles. The average molecular weight is 507 g/mol. The molecule has 1 aromatic heterocycles. The van der Waals surface area contributed by atoms with E-state index in [1.165, 1.54) is 32.1 Å². The number of Topliss-reactive ketones (excluding diaryl/α,β-unsaturated/α-hetero) is 1. The lowest BCUT2D eigenvalue weighted by Crippen LogP contribution is -2.11. The summed E-state index contributed by atoms with van der Waals surface area (Å²) in [7, 11) is 3.78. The molecule has 0 fully saturated rings. The zero-order chi connectivity index (χ0) is 27.3. The van der Waals surface area contributed by atoms with E-state index in [-0.39, 0.29) is 5.78 Å². The van der Waals surface area contributed by atoms with Crippen LogP contribution in [0.2, 0.25) is 0 Å². The molecule has 1 heterocycles. The van der Waals surface area contributed by atoms with Gasteiger partial charge in [-0.1, -0.05) is 96.9 Å². The first kappa shape index (κ1) is 37.4. The summed E-state index contributed by atoms with van der Waals surface area (Å²) in [6.45, 7) is 17.7. The molecule has 1 atom stereocenters. The maximum atomic E-state index is 11.4. The molecule has 1 rings (SSSR count). The lowest BCUT2D eigenvalue weighted by Gasteiger charge is -2.13. The van der Waals surface area contributed by atoms with Gasteiger partial charge in [0.15, 0.2) is 5.78 Å². The van der Waals surface area contributed by atoms with Crippen molar-refractivity contribution in [2.24, 2.45) is 0 Å². The molecule has 35 heavy (non-hydrogen) atoms. The Morgan fingerprint density at radius 3 is 2.11 bits per heavy atom. The topological polar surface area (TPSA) is 42.4 Å². The van der Waals surface area contributed by atoms with Gasteiger partial charge in [-0.3, -0.25) is 9.78 Å². The van der Waals surface area contributed by atoms with Crippen molar-refractivity contribution in [1.29, 1.82) is 0 Å². The monoisotopic (exact) mass is 506 g/mol. The quantitative estimate of drug-likeness (QED) is 0.116. The number of halogens is 1. The highest BCUT2D eigenvalue weighted by Crippen LogP contribution is 2.14. The number of ether oxygens (including phenoxy) is 1. The van der Waals surface area contributed by atoms with Crippen molar-refractivity contribution in [2.45, 2.75) is 79.2 Å². The molecule has 1 unspecified atom stereocenters. The third-order valence-corrected chi connectivity index (χ3v) is 4.60. The maximum absolute atomic E-state index is 11.4. The van der Waals surface area contributed by atoms with Crippen molar-refractivity contribution < 1.29 is 9.53 Å². The Morgan fingerprint density at radius 1 is 1.11 bits per heavy atom. The lowest BCUT2D eigenvalue weighted by molar-refractivity contribution is -0.111. The number of carbonyl (C=O) groups excluding carboxylic acids is 1. The van der Waals surface area contributed by atoms with E-state index in [0.29, 0.717) is 24.2 Å². The van der Waals surface area contributed by atoms with Crippen molar-refractivity contribution >= 4 is 23.0 Å². The predicted octanol–water partition coefficient (Wildman–Crippen LogP) is 8.50. The van der Waals surface area contributed by atoms with E-state index < -0.39 is 0 Å². The van der Waals surface area contributed by atoms with Crippen LogP contribution in [0.3, 0.4) is 0 Å². The Balaban J connectivity index is -0.000000450. The fourth-order valence-corrected chi connectivity index (χ4v) is 2.43. The van der Waals surface area contributed by atoms with Crippen LogP contribution in [0, 0.1) is 0 Å². The number of rotatable bonds is 13. The second kappa shape index (κ2) is 29.9. The molecule has 0 saturated carbocycles. The van der Waals surface area contributed by atoms with Crippen LogP contribution in [0.15, 0.2) is 68.2 Å². The number of ketones is 1. The van der Waals surface area contributed by atoms with Gasteiger partial charge in [-0.2, -0.15) is 0 Å². The molecule has 0 amide bonds. The number of carbonyl (C=O) groups is 1. The molecular weight excluding hydrogens is 456 g/mol. The van der Waals surface area contributed by atoms with E-state index in [9.17, 15) is 4.79 Å². The molecule has 0 N–H and O–H groups in total. The Morgan fingerprint density at radius 2 is 1.74 bits per heavy atom. The first-order valence-corrected chi connectivity index (χ1v) is 13.2. The molecule has 0 saturated heterocycles. The normalized spacial score (nSPS) is 11.0. The van der Waals surface area contributed by atoms with Crippen LogP contribution < -0.4 is 0 Å². The smallest absolute Gasteiger partial charge is 0.161 e. The molecule has 4 nitrogen and oxygen atoms in total. The number of pyridine rings is 1. The van der Waals surface area contributed by atoms with Crippen molar-refractivity contribution in [3.63, 3.8) is 0 Å². The zero-order valence-corrected chi connectivity index (χ0v) is 24.2. The number of allylic oxidation sites excluding steroid dienone is 4. The predicted molar refractivity (Wildman–Crippen MR) is 157 cm³/mol. The number of hydrogen-bond acceptors (Lipinski definition) is 4. The van der Waals surface area contributed by atoms with Crippen LogP contribution in [0.1, 0.15) is 78.7 Å². The minimum atomic E-state index is 0.0479. The maximum Gasteiger partial charge on any atom is 0.161 e. The van der Waals surface area contributed by atoms with Crippen molar-refractivity contribution in [1.82, 2.24) is 9.88 Å². The molecule has 0 aliphatic carbocycles. The third-order valence-electron chi connectivity index (χ3n) is 4.42. The lowest BCUT2D eigenvalue weighted by atomic mass is 10.1. The number of hydrogen-bond donors (Lipinski definition) is 0. The van der Waals surface area contributed by atoms with Gasteiger partial charge in [-0.25, -0.2) is 0 Å². The molecule has 0 aromatic carbocycles. The van der Waals surface area contributed by atoms with Crippen LogP contribution >= 0.6 is 11.6 Å². The summed E-state index contributed by atoms with van der Waals surface area (Å²) in [5, 5.41) is 0. The van der Waals surface area contributed by atoms with Gasteiger partial charge in [0.1, 0.15) is 0 Å². The van der Waals surface area contributed by atoms with Crippen LogP contribution in [0.25, 0.3) is 5.57 Å². The van der Waals surface area contributed by atoms with Crippen molar-refractivity contribution in [3.05, 3.63) is 73.8 Å². The van der Waals surface area contributed by atoms with Crippen molar-refractivity contribution in [2.75, 3.05) is 26.6 Å². The molecule has 0 radical (unpaired) electrons. The Hall–Kier alpha value is -2.17. The second-order valence-electron chi connectivity index (χ2n) is 7.91. The first-order valence-electron chi connectivity index (χ1n) is 12.6. The van der Waals surface area contributed by atoms with Crippen LogP contribution in [0.4, 0.5) is 0 Å². The Labute approximate surface area is 221 Å². The summed E-state index contributed by atoms with van der Waals surface area (Å²) in [5.74, 6) is 0.626. The molecular formula is C30H51ClN2O2. The van der Waals surface area contributed by atoms with Crippen LogP contribution in [0.5, 0.6) is 0 Å². The van der Waals surface area contributed by atoms with E-state index in [0.717, 1.165) is 12.0 Å². The van der Waals surface area contributed by atoms with Gasteiger partial charge in [-0.05, 0) is 25.8 Å². The van der Waals surface area contributed by atoms with E-state index in [1.54, 1.807) is 37.7 Å². The number of aromatic nitrogens is 1. The summed E-state index contributed by atoms with van der Waals surface area (Å²) in [4.78, 5) is 17.2. The van der Waals surface area contributed by atoms with Gasteiger partial charge in [-0.15, -0.1) is 11.6 Å². The van der Waals surface area contributed by atoms with E-state index in [4.69, 9.17) is 16.3 Å². The minimum absolute atomic E-state index is 0.0479. The van der Waals surface area contributed by atoms with Gasteiger partial charge >= 0.3 is 0 Å². The van der Waals surface area contributed by atoms with Gasteiger partial charge in [0.05, 0.1) is 12.7 Å². The molecule has 0 bridgehead atoms. The van der Waals surface area contributed by atoms with Gasteiger partial charge in [0.25, 0.3) is 0 Å². The number of unbranched alkanes of at least 4 members (excludes halogenated alkanes) is 2. The highest BCUT2D eigenvalue weighted by atomic mass is 35.5. The molecule has 5 heteroatoms. The van der Waals surface area contributed by atoms with Gasteiger partial charge < -0.3 is 9.64 Å². The molecule has 0 spiro atoms. The second-order valence-corrected chi connectivity index (χ2v) is 8.22. The summed E-state index contributed by atoms with van der Waals surface area (Å²) < 4.78 is 5.65. The molecule has 0 aliphatic rings. The van der Waals surface area contributed by atoms with E-state index in [2.05, 4.69) is 45.8 Å². The number of alkyl halides is 1. The summed E-state index contributed by atoms with van der Waals surface area (Å²) in [6, 6.07) is 3.70. The zero-order valence-electron chi connectivity index (χ0n) is 23.4. The van der Waals surface area contributed by atoms with Gasteiger partial charge in [0, 0.05) is 49.7 Å². The molecule has 200 valence electrons. The molecule has 1 aromatic rings. The average Bonchev–Trinajstić information content (AvgIpc) is 2.87. The standard InChI is InChI=1S/C11H21ClO.C11H14N2O.C4H10.C4H6/c1-3-5-8-11(4-2)13-10-7-6-9-12;1-9(14)11(8-13(2)3)10-5-4-6-12-7-10;2*1-3-4-2/h6-7,11H,3-5,8-10H2,1-2H3;4-8H,1-3H3;3-4H2,1-2H3;3-4H,1-2H2/b7-6-;11-8-;;. The SMILES string of the molecule is C=CC=C.CC(=O)/C(=C/N(C)C)c1cccnc1.CCCC.CCCCC(CC)OC/C=C\CCl. The van der Waals surface area contributed by atoms with Crippen molar-refractivity contribution in [3.8, 4) is 0 Å². The largest absolute Gasteiger partial charge is 0.383 e. The Kier molecular flexibility index (Phi) is 31.9. The summed E-state index contributed by atoms with van der Waals surface area (Å²) in [5.41, 5.74) is 1.54. The van der Waals surface area contributed by atoms with Crippen LogP contribution in [-0.2, 0) is 9.53 Å². The third kappa shape index (κ3) is 28.0. The Bertz CT molecular complexity index is 662. The first-order chi connectivity index (χ1) is 16.8. The fourth-order valence-electron chi connectivity index (χ4n) is 2.31. The van der Waals surface area contributed by atoms with E-state index >= 15 is 0 Å². The highest BCUT2D eigenvalue weighted by Gasteiger charge is 2.07. The van der Waals surface area contributed by atoms with Gasteiger partial charge in [0.2, 0.25) is 0 Å². The highest BCUT2D eigenvalue weighted by molar-refractivity contribution is 6.19. The fraction of sp³-hybridized carbons (Fsp3) is 0.533. The number of nitrogens with zero attached hydrogens (tertiary/aromatic N) is 2. The van der Waals surface area contributed by atoms with Crippen LogP contribution in [-0.4, -0.2) is 48.4 Å².